The van der Waals surface area contributed by atoms with Crippen molar-refractivity contribution in [3.05, 3.63) is 17.0 Å². The molecule has 5 nitrogen and oxygen atoms in total. The number of hydrogen-bond acceptors (Lipinski definition) is 4. The molecule has 0 unspecified atom stereocenters. The number of rotatable bonds is 1. The van der Waals surface area contributed by atoms with Gasteiger partial charge in [0.15, 0.2) is 0 Å². The Kier molecular flexibility index (Phi) is 2.39. The molecule has 1 aromatic rings. The molecule has 0 spiro atoms. The van der Waals surface area contributed by atoms with Gasteiger partial charge in [-0.05, 0) is 12.8 Å². The molecule has 1 aromatic heterocycles. The van der Waals surface area contributed by atoms with Gasteiger partial charge in [0.25, 0.3) is 0 Å². The second kappa shape index (κ2) is 3.89. The lowest BCUT2D eigenvalue weighted by atomic mass is 10.1. The Morgan fingerprint density at radius 3 is 2.81 bits per heavy atom. The number of aromatic nitrogens is 2. The Hall–Kier alpha value is -1.38. The Balaban J connectivity index is 1.97. The number of nitrogens with zero attached hydrogens (tertiary/aromatic N) is 3. The lowest BCUT2D eigenvalue weighted by Crippen LogP contribution is -2.22. The van der Waals surface area contributed by atoms with E-state index in [1.54, 1.807) is 0 Å². The molecule has 0 bridgehead atoms. The van der Waals surface area contributed by atoms with Crippen LogP contribution < -0.4 is 0 Å². The van der Waals surface area contributed by atoms with Gasteiger partial charge in [-0.3, -0.25) is 4.68 Å². The fourth-order valence-corrected chi connectivity index (χ4v) is 2.35. The molecule has 5 heteroatoms. The van der Waals surface area contributed by atoms with Crippen LogP contribution in [0.2, 0.25) is 0 Å². The molecule has 0 amide bonds. The van der Waals surface area contributed by atoms with E-state index >= 15 is 0 Å². The van der Waals surface area contributed by atoms with E-state index in [-0.39, 0.29) is 0 Å². The van der Waals surface area contributed by atoms with Crippen molar-refractivity contribution in [1.82, 2.24) is 9.78 Å². The highest BCUT2D eigenvalue weighted by atomic mass is 16.5. The van der Waals surface area contributed by atoms with Crippen molar-refractivity contribution in [2.45, 2.75) is 32.1 Å². The van der Waals surface area contributed by atoms with E-state index in [2.05, 4.69) is 11.2 Å². The predicted molar refractivity (Wildman–Crippen MR) is 54.5 cm³/mol. The van der Waals surface area contributed by atoms with Crippen LogP contribution in [-0.4, -0.2) is 23.0 Å². The summed E-state index contributed by atoms with van der Waals surface area (Å²) in [7, 11) is 0. The van der Waals surface area contributed by atoms with E-state index in [1.807, 2.05) is 4.68 Å². The molecule has 0 saturated carbocycles. The maximum atomic E-state index is 9.20. The van der Waals surface area contributed by atoms with Crippen molar-refractivity contribution in [1.29, 1.82) is 5.26 Å². The van der Waals surface area contributed by atoms with Crippen molar-refractivity contribution in [2.75, 3.05) is 13.2 Å². The first-order valence-corrected chi connectivity index (χ1v) is 5.56. The minimum atomic E-state index is 0.314. The van der Waals surface area contributed by atoms with Crippen LogP contribution in [0.5, 0.6) is 0 Å². The summed E-state index contributed by atoms with van der Waals surface area (Å²) in [6, 6.07) is 2.57. The van der Waals surface area contributed by atoms with Crippen molar-refractivity contribution in [3.63, 3.8) is 0 Å². The summed E-state index contributed by atoms with van der Waals surface area (Å²) in [5, 5.41) is 13.7. The first-order chi connectivity index (χ1) is 7.90. The summed E-state index contributed by atoms with van der Waals surface area (Å²) in [6.07, 6.45) is 1.88. The van der Waals surface area contributed by atoms with Crippen molar-refractivity contribution in [2.24, 2.45) is 0 Å². The van der Waals surface area contributed by atoms with Crippen LogP contribution in [0.1, 0.15) is 35.8 Å². The number of nitriles is 1. The molecule has 0 atom stereocenters. The van der Waals surface area contributed by atoms with Gasteiger partial charge >= 0.3 is 0 Å². The Labute approximate surface area is 93.6 Å². The van der Waals surface area contributed by atoms with Crippen molar-refractivity contribution in [3.8, 4) is 6.07 Å². The quantitative estimate of drug-likeness (QED) is 0.710. The van der Waals surface area contributed by atoms with Gasteiger partial charge < -0.3 is 9.47 Å². The Bertz CT molecular complexity index is 441. The predicted octanol–water partition coefficient (Wildman–Crippen LogP) is 1.14. The van der Waals surface area contributed by atoms with Crippen LogP contribution in [0.15, 0.2) is 0 Å². The molecule has 3 rings (SSSR count). The summed E-state index contributed by atoms with van der Waals surface area (Å²) in [5.41, 5.74) is 2.59. The minimum Gasteiger partial charge on any atom is -0.381 e. The number of hydrogen-bond donors (Lipinski definition) is 0. The minimum absolute atomic E-state index is 0.314. The Morgan fingerprint density at radius 2 is 2.06 bits per heavy atom. The molecule has 3 heterocycles. The number of ether oxygens (including phenoxy) is 2. The van der Waals surface area contributed by atoms with Gasteiger partial charge in [-0.2, -0.15) is 10.4 Å². The molecule has 1 fully saturated rings. The fourth-order valence-electron chi connectivity index (χ4n) is 2.35. The Morgan fingerprint density at radius 1 is 1.25 bits per heavy atom. The second-order valence-electron chi connectivity index (χ2n) is 4.17. The molecule has 0 aliphatic carbocycles. The summed E-state index contributed by atoms with van der Waals surface area (Å²) in [6.45, 7) is 2.59. The third-order valence-corrected chi connectivity index (χ3v) is 3.22. The van der Waals surface area contributed by atoms with Gasteiger partial charge in [-0.25, -0.2) is 0 Å². The topological polar surface area (TPSA) is 60.1 Å². The van der Waals surface area contributed by atoms with Gasteiger partial charge in [-0.15, -0.1) is 0 Å². The second-order valence-corrected chi connectivity index (χ2v) is 4.17. The molecular weight excluding hydrogens is 206 g/mol. The molecule has 84 valence electrons. The van der Waals surface area contributed by atoms with Crippen LogP contribution in [0.25, 0.3) is 0 Å². The van der Waals surface area contributed by atoms with Crippen LogP contribution in [0, 0.1) is 11.3 Å². The first-order valence-electron chi connectivity index (χ1n) is 5.56. The average molecular weight is 219 g/mol. The lowest BCUT2D eigenvalue weighted by molar-refractivity contribution is 0.0648. The van der Waals surface area contributed by atoms with Crippen LogP contribution in [0.4, 0.5) is 0 Å². The SMILES string of the molecule is N#Cc1c2c(nn1C1CCOCC1)COC2. The van der Waals surface area contributed by atoms with Crippen molar-refractivity contribution < 1.29 is 9.47 Å². The largest absolute Gasteiger partial charge is 0.381 e. The van der Waals surface area contributed by atoms with Gasteiger partial charge in [-0.1, -0.05) is 0 Å². The van der Waals surface area contributed by atoms with E-state index in [1.165, 1.54) is 0 Å². The van der Waals surface area contributed by atoms with E-state index in [0.717, 1.165) is 37.3 Å². The molecule has 0 radical (unpaired) electrons. The van der Waals surface area contributed by atoms with E-state index in [4.69, 9.17) is 9.47 Å². The summed E-state index contributed by atoms with van der Waals surface area (Å²) >= 11 is 0. The monoisotopic (exact) mass is 219 g/mol. The molecule has 1 saturated heterocycles. The van der Waals surface area contributed by atoms with E-state index in [0.29, 0.717) is 24.9 Å². The highest BCUT2D eigenvalue weighted by Gasteiger charge is 2.27. The zero-order valence-electron chi connectivity index (χ0n) is 8.98. The lowest BCUT2D eigenvalue weighted by Gasteiger charge is -2.23. The smallest absolute Gasteiger partial charge is 0.144 e. The average Bonchev–Trinajstić information content (AvgIpc) is 2.89. The summed E-state index contributed by atoms with van der Waals surface area (Å²) in [4.78, 5) is 0. The van der Waals surface area contributed by atoms with E-state index < -0.39 is 0 Å². The maximum absolute atomic E-state index is 9.20. The summed E-state index contributed by atoms with van der Waals surface area (Å²) < 4.78 is 12.5. The zero-order valence-corrected chi connectivity index (χ0v) is 8.98. The van der Waals surface area contributed by atoms with E-state index in [9.17, 15) is 5.26 Å². The van der Waals surface area contributed by atoms with Gasteiger partial charge in [0.2, 0.25) is 0 Å². The third kappa shape index (κ3) is 1.42. The maximum Gasteiger partial charge on any atom is 0.144 e. The first kappa shape index (κ1) is 9.82. The normalized spacial score (nSPS) is 20.7. The van der Waals surface area contributed by atoms with Crippen molar-refractivity contribution >= 4 is 0 Å². The third-order valence-electron chi connectivity index (χ3n) is 3.22. The number of fused-ring (bicyclic) bond motifs is 1. The van der Waals surface area contributed by atoms with Gasteiger partial charge in [0.05, 0.1) is 24.9 Å². The van der Waals surface area contributed by atoms with Crippen LogP contribution in [0.3, 0.4) is 0 Å². The van der Waals surface area contributed by atoms with Crippen LogP contribution in [-0.2, 0) is 22.7 Å². The fraction of sp³-hybridized carbons (Fsp3) is 0.636. The highest BCUT2D eigenvalue weighted by molar-refractivity contribution is 5.36. The molecule has 2 aliphatic rings. The molecule has 2 aliphatic heterocycles. The molecule has 0 aromatic carbocycles. The van der Waals surface area contributed by atoms with Crippen LogP contribution >= 0.6 is 0 Å². The standard InChI is InChI=1S/C11H13N3O2/c12-5-11-9-6-16-7-10(9)13-14(11)8-1-3-15-4-2-8/h8H,1-4,6-7H2. The highest BCUT2D eigenvalue weighted by Crippen LogP contribution is 2.28. The van der Waals surface area contributed by atoms with Gasteiger partial charge in [0, 0.05) is 18.8 Å². The van der Waals surface area contributed by atoms with Gasteiger partial charge in [0.1, 0.15) is 11.8 Å². The molecular formula is C11H13N3O2. The molecule has 16 heavy (non-hydrogen) atoms. The summed E-state index contributed by atoms with van der Waals surface area (Å²) in [5.74, 6) is 0. The molecule has 0 N–H and O–H groups in total. The zero-order chi connectivity index (χ0) is 11.0.